The third kappa shape index (κ3) is 2.97. The van der Waals surface area contributed by atoms with Crippen molar-refractivity contribution in [1.29, 1.82) is 0 Å². The Hall–Kier alpha value is -1.55. The SMILES string of the molecule is CCOC(=O)C(c1cccc2c1C(C)(C)CCO2)N1CC(C)C1. The summed E-state index contributed by atoms with van der Waals surface area (Å²) in [5, 5.41) is 0. The molecule has 126 valence electrons. The molecule has 0 bridgehead atoms. The molecule has 0 aliphatic carbocycles. The van der Waals surface area contributed by atoms with Crippen LogP contribution in [0, 0.1) is 5.92 Å². The van der Waals surface area contributed by atoms with Crippen LogP contribution in [0.4, 0.5) is 0 Å². The van der Waals surface area contributed by atoms with Gasteiger partial charge < -0.3 is 9.47 Å². The number of carbonyl (C=O) groups excluding carboxylic acids is 1. The maximum absolute atomic E-state index is 12.7. The van der Waals surface area contributed by atoms with E-state index in [2.05, 4.69) is 31.7 Å². The third-order valence-corrected chi connectivity index (χ3v) is 4.98. The van der Waals surface area contributed by atoms with Crippen molar-refractivity contribution >= 4 is 5.97 Å². The van der Waals surface area contributed by atoms with Crippen molar-refractivity contribution in [2.75, 3.05) is 26.3 Å². The zero-order chi connectivity index (χ0) is 16.6. The van der Waals surface area contributed by atoms with Gasteiger partial charge in [-0.1, -0.05) is 32.9 Å². The number of ether oxygens (including phenoxy) is 2. The lowest BCUT2D eigenvalue weighted by Gasteiger charge is -2.44. The number of fused-ring (bicyclic) bond motifs is 1. The molecule has 1 atom stereocenters. The summed E-state index contributed by atoms with van der Waals surface area (Å²) < 4.78 is 11.3. The van der Waals surface area contributed by atoms with Crippen LogP contribution < -0.4 is 4.74 Å². The lowest BCUT2D eigenvalue weighted by molar-refractivity contribution is -0.152. The predicted octanol–water partition coefficient (Wildman–Crippen LogP) is 3.30. The lowest BCUT2D eigenvalue weighted by Crippen LogP contribution is -2.50. The van der Waals surface area contributed by atoms with Crippen molar-refractivity contribution in [3.8, 4) is 5.75 Å². The normalized spacial score (nSPS) is 21.7. The fraction of sp³-hybridized carbons (Fsp3) is 0.632. The van der Waals surface area contributed by atoms with Gasteiger partial charge in [-0.3, -0.25) is 4.90 Å². The maximum atomic E-state index is 12.7. The van der Waals surface area contributed by atoms with E-state index >= 15 is 0 Å². The zero-order valence-electron chi connectivity index (χ0n) is 14.6. The molecule has 0 spiro atoms. The highest BCUT2D eigenvalue weighted by Crippen LogP contribution is 2.44. The van der Waals surface area contributed by atoms with E-state index in [0.29, 0.717) is 12.5 Å². The number of likely N-dealkylation sites (tertiary alicyclic amines) is 1. The average molecular weight is 317 g/mol. The molecule has 1 saturated heterocycles. The summed E-state index contributed by atoms with van der Waals surface area (Å²) >= 11 is 0. The molecule has 0 N–H and O–H groups in total. The molecule has 23 heavy (non-hydrogen) atoms. The van der Waals surface area contributed by atoms with Crippen LogP contribution in [0.5, 0.6) is 5.75 Å². The molecule has 1 unspecified atom stereocenters. The fourth-order valence-corrected chi connectivity index (χ4v) is 3.81. The molecule has 4 nitrogen and oxygen atoms in total. The molecule has 2 aliphatic rings. The number of rotatable bonds is 4. The molecular formula is C19H27NO3. The van der Waals surface area contributed by atoms with Gasteiger partial charge in [-0.05, 0) is 36.3 Å². The molecule has 0 radical (unpaired) electrons. The molecule has 1 fully saturated rings. The Labute approximate surface area is 138 Å². The fourth-order valence-electron chi connectivity index (χ4n) is 3.81. The van der Waals surface area contributed by atoms with Gasteiger partial charge in [0.15, 0.2) is 0 Å². The minimum atomic E-state index is -0.318. The summed E-state index contributed by atoms with van der Waals surface area (Å²) in [7, 11) is 0. The highest BCUT2D eigenvalue weighted by atomic mass is 16.5. The molecule has 0 aromatic heterocycles. The van der Waals surface area contributed by atoms with Gasteiger partial charge >= 0.3 is 5.97 Å². The quantitative estimate of drug-likeness (QED) is 0.799. The molecule has 2 heterocycles. The predicted molar refractivity (Wildman–Crippen MR) is 89.7 cm³/mol. The Morgan fingerprint density at radius 2 is 2.17 bits per heavy atom. The summed E-state index contributed by atoms with van der Waals surface area (Å²) in [6.45, 7) is 11.6. The first-order valence-electron chi connectivity index (χ1n) is 8.61. The van der Waals surface area contributed by atoms with Gasteiger partial charge in [-0.2, -0.15) is 0 Å². The second-order valence-corrected chi connectivity index (χ2v) is 7.42. The number of esters is 1. The van der Waals surface area contributed by atoms with Crippen LogP contribution in [0.15, 0.2) is 18.2 Å². The third-order valence-electron chi connectivity index (χ3n) is 4.98. The highest BCUT2D eigenvalue weighted by molar-refractivity contribution is 5.79. The number of hydrogen-bond acceptors (Lipinski definition) is 4. The molecule has 4 heteroatoms. The Bertz CT molecular complexity index is 590. The van der Waals surface area contributed by atoms with E-state index in [1.54, 1.807) is 0 Å². The van der Waals surface area contributed by atoms with Crippen LogP contribution in [-0.4, -0.2) is 37.2 Å². The van der Waals surface area contributed by atoms with Gasteiger partial charge in [0.1, 0.15) is 11.8 Å². The smallest absolute Gasteiger partial charge is 0.328 e. The van der Waals surface area contributed by atoms with Crippen LogP contribution in [0.3, 0.4) is 0 Å². The number of nitrogens with zero attached hydrogens (tertiary/aromatic N) is 1. The van der Waals surface area contributed by atoms with E-state index in [0.717, 1.165) is 37.4 Å². The van der Waals surface area contributed by atoms with E-state index in [9.17, 15) is 4.79 Å². The van der Waals surface area contributed by atoms with E-state index < -0.39 is 0 Å². The minimum Gasteiger partial charge on any atom is -0.493 e. The second kappa shape index (κ2) is 6.16. The van der Waals surface area contributed by atoms with Gasteiger partial charge in [-0.15, -0.1) is 0 Å². The van der Waals surface area contributed by atoms with Crippen LogP contribution in [0.1, 0.15) is 51.3 Å². The van der Waals surface area contributed by atoms with Gasteiger partial charge in [0.25, 0.3) is 0 Å². The van der Waals surface area contributed by atoms with Crippen LogP contribution in [-0.2, 0) is 14.9 Å². The van der Waals surface area contributed by atoms with Gasteiger partial charge in [0.05, 0.1) is 13.2 Å². The summed E-state index contributed by atoms with van der Waals surface area (Å²) in [6.07, 6.45) is 0.961. The lowest BCUT2D eigenvalue weighted by atomic mass is 9.75. The first-order chi connectivity index (χ1) is 10.9. The Morgan fingerprint density at radius 3 is 2.83 bits per heavy atom. The van der Waals surface area contributed by atoms with Crippen LogP contribution in [0.25, 0.3) is 0 Å². The van der Waals surface area contributed by atoms with E-state index in [1.807, 2.05) is 19.1 Å². The van der Waals surface area contributed by atoms with Crippen molar-refractivity contribution in [3.63, 3.8) is 0 Å². The Morgan fingerprint density at radius 1 is 1.43 bits per heavy atom. The maximum Gasteiger partial charge on any atom is 0.328 e. The molecule has 1 aromatic carbocycles. The average Bonchev–Trinajstić information content (AvgIpc) is 2.45. The van der Waals surface area contributed by atoms with Crippen molar-refractivity contribution in [2.24, 2.45) is 5.92 Å². The monoisotopic (exact) mass is 317 g/mol. The number of hydrogen-bond donors (Lipinski definition) is 0. The van der Waals surface area contributed by atoms with Crippen LogP contribution >= 0.6 is 0 Å². The number of carbonyl (C=O) groups is 1. The van der Waals surface area contributed by atoms with Gasteiger partial charge in [0, 0.05) is 18.7 Å². The summed E-state index contributed by atoms with van der Waals surface area (Å²) in [5.74, 6) is 1.41. The highest BCUT2D eigenvalue weighted by Gasteiger charge is 2.41. The summed E-state index contributed by atoms with van der Waals surface area (Å²) in [6, 6.07) is 5.76. The Kier molecular flexibility index (Phi) is 4.37. The standard InChI is InChI=1S/C19H27NO3/c1-5-22-18(21)17(20-11-13(2)12-20)14-7-6-8-15-16(14)19(3,4)9-10-23-15/h6-8,13,17H,5,9-12H2,1-4H3. The molecule has 0 amide bonds. The Balaban J connectivity index is 2.04. The van der Waals surface area contributed by atoms with E-state index in [-0.39, 0.29) is 17.4 Å². The molecule has 1 aromatic rings. The summed E-state index contributed by atoms with van der Waals surface area (Å²) in [5.41, 5.74) is 2.23. The van der Waals surface area contributed by atoms with E-state index in [1.165, 1.54) is 5.56 Å². The zero-order valence-corrected chi connectivity index (χ0v) is 14.6. The van der Waals surface area contributed by atoms with Crippen LogP contribution in [0.2, 0.25) is 0 Å². The minimum absolute atomic E-state index is 0.00536. The van der Waals surface area contributed by atoms with Gasteiger partial charge in [0.2, 0.25) is 0 Å². The molecule has 2 aliphatic heterocycles. The largest absolute Gasteiger partial charge is 0.493 e. The number of benzene rings is 1. The topological polar surface area (TPSA) is 38.8 Å². The second-order valence-electron chi connectivity index (χ2n) is 7.42. The first kappa shape index (κ1) is 16.3. The molecule has 3 rings (SSSR count). The summed E-state index contributed by atoms with van der Waals surface area (Å²) in [4.78, 5) is 14.9. The van der Waals surface area contributed by atoms with Crippen molar-refractivity contribution in [2.45, 2.75) is 45.6 Å². The molecular weight excluding hydrogens is 290 g/mol. The van der Waals surface area contributed by atoms with Crippen molar-refractivity contribution in [3.05, 3.63) is 29.3 Å². The first-order valence-corrected chi connectivity index (χ1v) is 8.61. The van der Waals surface area contributed by atoms with E-state index in [4.69, 9.17) is 9.47 Å². The van der Waals surface area contributed by atoms with Gasteiger partial charge in [-0.25, -0.2) is 4.79 Å². The van der Waals surface area contributed by atoms with Crippen molar-refractivity contribution in [1.82, 2.24) is 4.90 Å². The van der Waals surface area contributed by atoms with Crippen molar-refractivity contribution < 1.29 is 14.3 Å². The molecule has 0 saturated carbocycles.